The number of ether oxygens (including phenoxy) is 2. The molecule has 0 radical (unpaired) electrons. The van der Waals surface area contributed by atoms with Gasteiger partial charge in [-0.05, 0) is 37.3 Å². The van der Waals surface area contributed by atoms with Crippen molar-refractivity contribution in [2.24, 2.45) is 0 Å². The van der Waals surface area contributed by atoms with Crippen LogP contribution in [0.2, 0.25) is 0 Å². The van der Waals surface area contributed by atoms with E-state index in [9.17, 15) is 9.59 Å². The summed E-state index contributed by atoms with van der Waals surface area (Å²) in [5.41, 5.74) is 1.12. The molecule has 0 aliphatic rings. The molecule has 4 aromatic rings. The third kappa shape index (κ3) is 2.79. The van der Waals surface area contributed by atoms with Gasteiger partial charge in [-0.1, -0.05) is 12.1 Å². The summed E-state index contributed by atoms with van der Waals surface area (Å²) in [7, 11) is 1.51. The van der Waals surface area contributed by atoms with Crippen molar-refractivity contribution in [1.82, 2.24) is 19.2 Å². The number of benzene rings is 2. The van der Waals surface area contributed by atoms with Crippen LogP contribution in [0.25, 0.3) is 16.7 Å². The summed E-state index contributed by atoms with van der Waals surface area (Å²) in [5.74, 6) is 1.95. The van der Waals surface area contributed by atoms with E-state index < -0.39 is 0 Å². The molecule has 2 heterocycles. The lowest BCUT2D eigenvalue weighted by Crippen LogP contribution is -2.22. The van der Waals surface area contributed by atoms with Gasteiger partial charge >= 0.3 is 0 Å². The predicted octanol–water partition coefficient (Wildman–Crippen LogP) is 2.46. The second-order valence-electron chi connectivity index (χ2n) is 6.14. The van der Waals surface area contributed by atoms with Crippen LogP contribution >= 0.6 is 0 Å². The normalized spacial score (nSPS) is 11.1. The van der Waals surface area contributed by atoms with Crippen LogP contribution < -0.4 is 15.0 Å². The molecule has 2 aromatic heterocycles. The van der Waals surface area contributed by atoms with E-state index in [-0.39, 0.29) is 12.2 Å². The zero-order chi connectivity index (χ0) is 19.7. The largest absolute Gasteiger partial charge is 0.493 e. The molecule has 8 nitrogen and oxygen atoms in total. The molecule has 0 bridgehead atoms. The average Bonchev–Trinajstić information content (AvgIpc) is 3.16. The lowest BCUT2D eigenvalue weighted by molar-refractivity contribution is 0.112. The van der Waals surface area contributed by atoms with Crippen molar-refractivity contribution in [2.45, 2.75) is 20.1 Å². The van der Waals surface area contributed by atoms with Crippen LogP contribution in [-0.4, -0.2) is 32.6 Å². The van der Waals surface area contributed by atoms with E-state index in [4.69, 9.17) is 9.47 Å². The van der Waals surface area contributed by atoms with Crippen molar-refractivity contribution in [3.05, 3.63) is 64.2 Å². The lowest BCUT2D eigenvalue weighted by Gasteiger charge is -2.12. The highest BCUT2D eigenvalue weighted by atomic mass is 16.5. The Bertz CT molecular complexity index is 1240. The highest BCUT2D eigenvalue weighted by Crippen LogP contribution is 2.28. The molecular formula is C20H18N4O4. The fourth-order valence-corrected chi connectivity index (χ4v) is 3.21. The average molecular weight is 378 g/mol. The van der Waals surface area contributed by atoms with Gasteiger partial charge in [0, 0.05) is 12.1 Å². The topological polar surface area (TPSA) is 87.7 Å². The Balaban J connectivity index is 1.80. The van der Waals surface area contributed by atoms with Gasteiger partial charge in [0.25, 0.3) is 5.56 Å². The van der Waals surface area contributed by atoms with E-state index >= 15 is 0 Å². The minimum Gasteiger partial charge on any atom is -0.493 e. The summed E-state index contributed by atoms with van der Waals surface area (Å²) in [6, 6.07) is 12.3. The number of aldehydes is 1. The van der Waals surface area contributed by atoms with E-state index in [1.54, 1.807) is 28.8 Å². The van der Waals surface area contributed by atoms with Gasteiger partial charge in [0.2, 0.25) is 5.78 Å². The van der Waals surface area contributed by atoms with Gasteiger partial charge in [-0.15, -0.1) is 10.2 Å². The van der Waals surface area contributed by atoms with Crippen LogP contribution in [0.3, 0.4) is 0 Å². The highest BCUT2D eigenvalue weighted by Gasteiger charge is 2.16. The molecule has 0 saturated carbocycles. The molecule has 8 heteroatoms. The number of nitrogens with zero attached hydrogens (tertiary/aromatic N) is 4. The zero-order valence-corrected chi connectivity index (χ0v) is 15.5. The number of rotatable bonds is 6. The molecule has 4 rings (SSSR count). The number of para-hydroxylation sites is 1. The highest BCUT2D eigenvalue weighted by molar-refractivity contribution is 5.80. The molecule has 0 amide bonds. The van der Waals surface area contributed by atoms with Gasteiger partial charge in [0.05, 0.1) is 18.0 Å². The van der Waals surface area contributed by atoms with Crippen LogP contribution in [-0.2, 0) is 13.2 Å². The van der Waals surface area contributed by atoms with Gasteiger partial charge < -0.3 is 9.47 Å². The number of hydrogen-bond acceptors (Lipinski definition) is 6. The summed E-state index contributed by atoms with van der Waals surface area (Å²) in [6.45, 7) is 2.48. The van der Waals surface area contributed by atoms with E-state index in [2.05, 4.69) is 10.2 Å². The third-order valence-corrected chi connectivity index (χ3v) is 4.57. The maximum atomic E-state index is 12.7. The Morgan fingerprint density at radius 1 is 1.11 bits per heavy atom. The minimum absolute atomic E-state index is 0.100. The molecule has 142 valence electrons. The van der Waals surface area contributed by atoms with Crippen molar-refractivity contribution in [2.75, 3.05) is 7.11 Å². The fraction of sp³-hybridized carbons (Fsp3) is 0.200. The molecule has 0 atom stereocenters. The number of aryl methyl sites for hydroxylation is 1. The predicted molar refractivity (Wildman–Crippen MR) is 103 cm³/mol. The minimum atomic E-state index is -0.100. The standard InChI is InChI=1S/C20H18N4O4/c1-3-23-19(26)14-6-4-5-7-15(14)24-18(21-22-20(23)24)12-28-16-9-8-13(11-25)10-17(16)27-2/h4-11H,3,12H2,1-2H3. The first-order chi connectivity index (χ1) is 13.7. The lowest BCUT2D eigenvalue weighted by atomic mass is 10.2. The molecule has 0 spiro atoms. The van der Waals surface area contributed by atoms with E-state index in [0.29, 0.717) is 40.6 Å². The monoisotopic (exact) mass is 378 g/mol. The molecule has 0 N–H and O–H groups in total. The first-order valence-electron chi connectivity index (χ1n) is 8.79. The van der Waals surface area contributed by atoms with Crippen LogP contribution in [0.15, 0.2) is 47.3 Å². The third-order valence-electron chi connectivity index (χ3n) is 4.57. The van der Waals surface area contributed by atoms with Crippen molar-refractivity contribution in [3.63, 3.8) is 0 Å². The SMILES string of the molecule is CCn1c(=O)c2ccccc2n2c(COc3ccc(C=O)cc3OC)nnc12. The fourth-order valence-electron chi connectivity index (χ4n) is 3.21. The zero-order valence-electron chi connectivity index (χ0n) is 15.5. The maximum Gasteiger partial charge on any atom is 0.262 e. The van der Waals surface area contributed by atoms with Crippen LogP contribution in [0.4, 0.5) is 0 Å². The maximum absolute atomic E-state index is 12.7. The van der Waals surface area contributed by atoms with E-state index in [0.717, 1.165) is 11.8 Å². The van der Waals surface area contributed by atoms with Crippen LogP contribution in [0.1, 0.15) is 23.1 Å². The number of carbonyl (C=O) groups excluding carboxylic acids is 1. The summed E-state index contributed by atoms with van der Waals surface area (Å²) >= 11 is 0. The van der Waals surface area contributed by atoms with Crippen molar-refractivity contribution >= 4 is 23.0 Å². The number of aromatic nitrogens is 4. The molecule has 0 fully saturated rings. The molecule has 28 heavy (non-hydrogen) atoms. The number of hydrogen-bond donors (Lipinski definition) is 0. The van der Waals surface area contributed by atoms with Gasteiger partial charge in [-0.2, -0.15) is 0 Å². The van der Waals surface area contributed by atoms with Gasteiger partial charge in [0.15, 0.2) is 17.3 Å². The molecule has 0 aliphatic heterocycles. The summed E-state index contributed by atoms with van der Waals surface area (Å²) in [6.07, 6.45) is 0.745. The number of carbonyl (C=O) groups is 1. The van der Waals surface area contributed by atoms with Crippen LogP contribution in [0.5, 0.6) is 11.5 Å². The molecule has 0 saturated heterocycles. The Kier molecular flexibility index (Phi) is 4.52. The van der Waals surface area contributed by atoms with E-state index in [1.807, 2.05) is 29.5 Å². The summed E-state index contributed by atoms with van der Waals surface area (Å²) < 4.78 is 14.6. The Morgan fingerprint density at radius 3 is 2.68 bits per heavy atom. The Morgan fingerprint density at radius 2 is 1.93 bits per heavy atom. The quantitative estimate of drug-likeness (QED) is 0.479. The molecule has 0 aliphatic carbocycles. The van der Waals surface area contributed by atoms with Crippen molar-refractivity contribution < 1.29 is 14.3 Å². The first kappa shape index (κ1) is 17.7. The van der Waals surface area contributed by atoms with Crippen molar-refractivity contribution in [1.29, 1.82) is 0 Å². The second kappa shape index (κ2) is 7.15. The van der Waals surface area contributed by atoms with E-state index in [1.165, 1.54) is 7.11 Å². The molecular weight excluding hydrogens is 360 g/mol. The van der Waals surface area contributed by atoms with Gasteiger partial charge in [-0.25, -0.2) is 0 Å². The molecule has 2 aromatic carbocycles. The smallest absolute Gasteiger partial charge is 0.262 e. The van der Waals surface area contributed by atoms with Gasteiger partial charge in [-0.3, -0.25) is 18.6 Å². The first-order valence-corrected chi connectivity index (χ1v) is 8.79. The number of fused-ring (bicyclic) bond motifs is 3. The summed E-state index contributed by atoms with van der Waals surface area (Å²) in [4.78, 5) is 23.7. The second-order valence-corrected chi connectivity index (χ2v) is 6.14. The van der Waals surface area contributed by atoms with Crippen molar-refractivity contribution in [3.8, 4) is 11.5 Å². The van der Waals surface area contributed by atoms with Crippen LogP contribution in [0, 0.1) is 0 Å². The number of methoxy groups -OCH3 is 1. The van der Waals surface area contributed by atoms with Gasteiger partial charge in [0.1, 0.15) is 12.9 Å². The Labute approximate surface area is 160 Å². The molecule has 0 unspecified atom stereocenters. The summed E-state index contributed by atoms with van der Waals surface area (Å²) in [5, 5.41) is 9.02. The Hall–Kier alpha value is -3.68.